The fraction of sp³-hybridized carbons (Fsp3) is 0.400. The SMILES string of the molecule is CCC(C)c1ccc(-c2ccc(CC(C)C)cc2)cc1. The predicted molar refractivity (Wildman–Crippen MR) is 89.1 cm³/mol. The smallest absolute Gasteiger partial charge is 0.0184 e. The van der Waals surface area contributed by atoms with Gasteiger partial charge in [0.15, 0.2) is 0 Å². The van der Waals surface area contributed by atoms with Gasteiger partial charge in [-0.1, -0.05) is 76.2 Å². The molecule has 2 aromatic rings. The maximum absolute atomic E-state index is 2.29. The third kappa shape index (κ3) is 3.72. The van der Waals surface area contributed by atoms with Crippen LogP contribution < -0.4 is 0 Å². The van der Waals surface area contributed by atoms with Gasteiger partial charge >= 0.3 is 0 Å². The molecule has 1 atom stereocenters. The first kappa shape index (κ1) is 14.8. The summed E-state index contributed by atoms with van der Waals surface area (Å²) in [5.74, 6) is 1.37. The lowest BCUT2D eigenvalue weighted by atomic mass is 9.95. The van der Waals surface area contributed by atoms with Gasteiger partial charge in [0.25, 0.3) is 0 Å². The number of hydrogen-bond acceptors (Lipinski definition) is 0. The molecule has 0 nitrogen and oxygen atoms in total. The summed E-state index contributed by atoms with van der Waals surface area (Å²) in [4.78, 5) is 0. The van der Waals surface area contributed by atoms with Crippen molar-refractivity contribution >= 4 is 0 Å². The Balaban J connectivity index is 2.15. The summed E-state index contributed by atoms with van der Waals surface area (Å²) in [6, 6.07) is 18.1. The van der Waals surface area contributed by atoms with E-state index in [1.54, 1.807) is 0 Å². The third-order valence-corrected chi connectivity index (χ3v) is 4.02. The van der Waals surface area contributed by atoms with Gasteiger partial charge in [0, 0.05) is 0 Å². The van der Waals surface area contributed by atoms with E-state index in [1.165, 1.54) is 28.7 Å². The molecule has 20 heavy (non-hydrogen) atoms. The van der Waals surface area contributed by atoms with Crippen molar-refractivity contribution in [1.29, 1.82) is 0 Å². The van der Waals surface area contributed by atoms with Crippen molar-refractivity contribution in [3.05, 3.63) is 59.7 Å². The molecule has 0 aliphatic heterocycles. The summed E-state index contributed by atoms with van der Waals surface area (Å²) in [6.45, 7) is 9.06. The van der Waals surface area contributed by atoms with Gasteiger partial charge in [-0.15, -0.1) is 0 Å². The molecule has 0 radical (unpaired) electrons. The van der Waals surface area contributed by atoms with E-state index in [9.17, 15) is 0 Å². The average Bonchev–Trinajstić information content (AvgIpc) is 2.47. The van der Waals surface area contributed by atoms with E-state index in [0.717, 1.165) is 12.3 Å². The first-order valence-electron chi connectivity index (χ1n) is 7.79. The second kappa shape index (κ2) is 6.74. The minimum atomic E-state index is 0.650. The van der Waals surface area contributed by atoms with Gasteiger partial charge in [-0.3, -0.25) is 0 Å². The molecule has 0 saturated carbocycles. The molecule has 2 aromatic carbocycles. The molecule has 0 amide bonds. The molecular formula is C20H26. The van der Waals surface area contributed by atoms with Crippen LogP contribution >= 0.6 is 0 Å². The molecule has 0 spiro atoms. The van der Waals surface area contributed by atoms with Crippen LogP contribution in [0.3, 0.4) is 0 Å². The molecular weight excluding hydrogens is 240 g/mol. The Hall–Kier alpha value is -1.56. The minimum absolute atomic E-state index is 0.650. The van der Waals surface area contributed by atoms with Crippen molar-refractivity contribution in [2.24, 2.45) is 5.92 Å². The van der Waals surface area contributed by atoms with Crippen LogP contribution in [-0.2, 0) is 6.42 Å². The van der Waals surface area contributed by atoms with Gasteiger partial charge in [0.2, 0.25) is 0 Å². The summed E-state index contributed by atoms with van der Waals surface area (Å²) < 4.78 is 0. The normalized spacial score (nSPS) is 12.7. The Labute approximate surface area is 123 Å². The van der Waals surface area contributed by atoms with E-state index in [1.807, 2.05) is 0 Å². The van der Waals surface area contributed by atoms with E-state index < -0.39 is 0 Å². The van der Waals surface area contributed by atoms with E-state index in [0.29, 0.717) is 5.92 Å². The summed E-state index contributed by atoms with van der Waals surface area (Å²) in [5, 5.41) is 0. The highest BCUT2D eigenvalue weighted by Crippen LogP contribution is 2.24. The molecule has 0 bridgehead atoms. The largest absolute Gasteiger partial charge is 0.0648 e. The molecule has 1 unspecified atom stereocenters. The van der Waals surface area contributed by atoms with Gasteiger partial charge < -0.3 is 0 Å². The van der Waals surface area contributed by atoms with Gasteiger partial charge in [-0.2, -0.15) is 0 Å². The number of rotatable bonds is 5. The van der Waals surface area contributed by atoms with E-state index in [-0.39, 0.29) is 0 Å². The highest BCUT2D eigenvalue weighted by Gasteiger charge is 2.04. The maximum Gasteiger partial charge on any atom is -0.0184 e. The van der Waals surface area contributed by atoms with Crippen LogP contribution in [0.25, 0.3) is 11.1 Å². The molecule has 0 aliphatic rings. The first-order chi connectivity index (χ1) is 9.60. The Kier molecular flexibility index (Phi) is 5.00. The molecule has 0 aromatic heterocycles. The van der Waals surface area contributed by atoms with Crippen LogP contribution in [-0.4, -0.2) is 0 Å². The highest BCUT2D eigenvalue weighted by atomic mass is 14.1. The second-order valence-corrected chi connectivity index (χ2v) is 6.23. The molecule has 0 aliphatic carbocycles. The minimum Gasteiger partial charge on any atom is -0.0648 e. The van der Waals surface area contributed by atoms with Crippen LogP contribution in [0.4, 0.5) is 0 Å². The molecule has 0 heteroatoms. The topological polar surface area (TPSA) is 0 Å². The quantitative estimate of drug-likeness (QED) is 0.616. The Morgan fingerprint density at radius 1 is 0.750 bits per heavy atom. The third-order valence-electron chi connectivity index (χ3n) is 4.02. The van der Waals surface area contributed by atoms with Gasteiger partial charge in [-0.05, 0) is 46.9 Å². The highest BCUT2D eigenvalue weighted by molar-refractivity contribution is 5.64. The van der Waals surface area contributed by atoms with Crippen molar-refractivity contribution in [3.8, 4) is 11.1 Å². The van der Waals surface area contributed by atoms with Crippen LogP contribution in [0.1, 0.15) is 51.2 Å². The van der Waals surface area contributed by atoms with Crippen LogP contribution in [0.15, 0.2) is 48.5 Å². The fourth-order valence-electron chi connectivity index (χ4n) is 2.54. The zero-order valence-corrected chi connectivity index (χ0v) is 13.2. The first-order valence-corrected chi connectivity index (χ1v) is 7.79. The molecule has 106 valence electrons. The number of benzene rings is 2. The standard InChI is InChI=1S/C20H26/c1-5-16(4)18-10-12-20(13-11-18)19-8-6-17(7-9-19)14-15(2)3/h6-13,15-16H,5,14H2,1-4H3. The molecule has 0 saturated heterocycles. The van der Waals surface area contributed by atoms with Crippen molar-refractivity contribution < 1.29 is 0 Å². The van der Waals surface area contributed by atoms with Gasteiger partial charge in [0.1, 0.15) is 0 Å². The Morgan fingerprint density at radius 3 is 1.70 bits per heavy atom. The Bertz CT molecular complexity index is 517. The number of hydrogen-bond donors (Lipinski definition) is 0. The molecule has 0 heterocycles. The van der Waals surface area contributed by atoms with Crippen molar-refractivity contribution in [2.45, 2.75) is 46.5 Å². The zero-order chi connectivity index (χ0) is 14.5. The molecule has 0 N–H and O–H groups in total. The van der Waals surface area contributed by atoms with Crippen molar-refractivity contribution in [2.75, 3.05) is 0 Å². The second-order valence-electron chi connectivity index (χ2n) is 6.23. The molecule has 2 rings (SSSR count). The monoisotopic (exact) mass is 266 g/mol. The van der Waals surface area contributed by atoms with Gasteiger partial charge in [-0.25, -0.2) is 0 Å². The summed E-state index contributed by atoms with van der Waals surface area (Å²) in [6.07, 6.45) is 2.36. The van der Waals surface area contributed by atoms with E-state index >= 15 is 0 Å². The lowest BCUT2D eigenvalue weighted by Crippen LogP contribution is -1.93. The van der Waals surface area contributed by atoms with Crippen LogP contribution in [0.2, 0.25) is 0 Å². The summed E-state index contributed by atoms with van der Waals surface area (Å²) >= 11 is 0. The van der Waals surface area contributed by atoms with Crippen molar-refractivity contribution in [1.82, 2.24) is 0 Å². The van der Waals surface area contributed by atoms with Crippen molar-refractivity contribution in [3.63, 3.8) is 0 Å². The van der Waals surface area contributed by atoms with Crippen LogP contribution in [0, 0.1) is 5.92 Å². The molecule has 0 fully saturated rings. The fourth-order valence-corrected chi connectivity index (χ4v) is 2.54. The summed E-state index contributed by atoms with van der Waals surface area (Å²) in [5.41, 5.74) is 5.49. The van der Waals surface area contributed by atoms with Gasteiger partial charge in [0.05, 0.1) is 0 Å². The zero-order valence-electron chi connectivity index (χ0n) is 13.2. The average molecular weight is 266 g/mol. The van der Waals surface area contributed by atoms with E-state index in [4.69, 9.17) is 0 Å². The predicted octanol–water partition coefficient (Wildman–Crippen LogP) is 6.07. The lowest BCUT2D eigenvalue weighted by Gasteiger charge is -2.10. The lowest BCUT2D eigenvalue weighted by molar-refractivity contribution is 0.647. The maximum atomic E-state index is 2.29. The Morgan fingerprint density at radius 2 is 1.25 bits per heavy atom. The summed E-state index contributed by atoms with van der Waals surface area (Å²) in [7, 11) is 0. The van der Waals surface area contributed by atoms with E-state index in [2.05, 4.69) is 76.2 Å². The van der Waals surface area contributed by atoms with Crippen LogP contribution in [0.5, 0.6) is 0 Å².